The summed E-state index contributed by atoms with van der Waals surface area (Å²) in [6.07, 6.45) is 8.26. The van der Waals surface area contributed by atoms with Crippen LogP contribution in [0, 0.1) is 4.91 Å². The van der Waals surface area contributed by atoms with Gasteiger partial charge in [-0.25, -0.2) is 9.67 Å². The van der Waals surface area contributed by atoms with Gasteiger partial charge in [-0.1, -0.05) is 12.2 Å². The summed E-state index contributed by atoms with van der Waals surface area (Å²) in [6.45, 7) is 11.3. The summed E-state index contributed by atoms with van der Waals surface area (Å²) in [5.74, 6) is 0.252. The second-order valence-electron chi connectivity index (χ2n) is 7.44. The van der Waals surface area contributed by atoms with Gasteiger partial charge in [0.1, 0.15) is 11.5 Å². The van der Waals surface area contributed by atoms with E-state index in [-0.39, 0.29) is 22.8 Å². The van der Waals surface area contributed by atoms with Gasteiger partial charge < -0.3 is 5.32 Å². The van der Waals surface area contributed by atoms with Gasteiger partial charge in [0, 0.05) is 17.7 Å². The number of aliphatic imine (C=N–C) groups is 1. The van der Waals surface area contributed by atoms with Crippen molar-refractivity contribution in [2.24, 2.45) is 10.2 Å². The Morgan fingerprint density at radius 3 is 2.66 bits per heavy atom. The summed E-state index contributed by atoms with van der Waals surface area (Å²) in [5.41, 5.74) is 1.58. The number of amides is 1. The minimum absolute atomic E-state index is 0.257. The predicted octanol–water partition coefficient (Wildman–Crippen LogP) is 4.26. The lowest BCUT2D eigenvalue weighted by Crippen LogP contribution is -2.40. The number of pyridine rings is 1. The van der Waals surface area contributed by atoms with Crippen molar-refractivity contribution in [2.45, 2.75) is 46.1 Å². The number of aromatic nitrogens is 3. The molecule has 2 heterocycles. The molecule has 0 aromatic carbocycles. The Labute approximate surface area is 170 Å². The minimum Gasteiger partial charge on any atom is -0.346 e. The number of rotatable bonds is 8. The van der Waals surface area contributed by atoms with Crippen LogP contribution >= 0.6 is 0 Å². The number of allylic oxidation sites excluding steroid dienone is 3. The first-order valence-corrected chi connectivity index (χ1v) is 9.25. The third-order valence-corrected chi connectivity index (χ3v) is 3.83. The highest BCUT2D eigenvalue weighted by molar-refractivity contribution is 5.93. The van der Waals surface area contributed by atoms with Crippen LogP contribution in [0.25, 0.3) is 5.82 Å². The molecular weight excluding hydrogens is 368 g/mol. The average molecular weight is 394 g/mol. The Bertz CT molecular complexity index is 933. The van der Waals surface area contributed by atoms with Crippen LogP contribution in [0.5, 0.6) is 0 Å². The van der Waals surface area contributed by atoms with Crippen LogP contribution < -0.4 is 5.32 Å². The summed E-state index contributed by atoms with van der Waals surface area (Å²) in [7, 11) is 0. The molecular formula is C21H26N6O2. The lowest BCUT2D eigenvalue weighted by molar-refractivity contribution is 0.0914. The third kappa shape index (κ3) is 6.31. The van der Waals surface area contributed by atoms with E-state index in [0.29, 0.717) is 24.4 Å². The van der Waals surface area contributed by atoms with Crippen molar-refractivity contribution in [1.82, 2.24) is 20.1 Å². The van der Waals surface area contributed by atoms with Crippen LogP contribution in [0.3, 0.4) is 0 Å². The van der Waals surface area contributed by atoms with Gasteiger partial charge in [-0.3, -0.25) is 9.78 Å². The summed E-state index contributed by atoms with van der Waals surface area (Å²) in [5, 5.41) is 10.2. The number of nitroso groups, excluding NO2 is 1. The van der Waals surface area contributed by atoms with E-state index < -0.39 is 0 Å². The Balaban J connectivity index is 2.44. The van der Waals surface area contributed by atoms with E-state index >= 15 is 0 Å². The standard InChI is InChI=1S/C21H26N6O2/c1-6-7-8-9-19(22-5)27-17(12-15-10-11-16(26-29)14-23-15)13-18(25-27)20(28)24-21(2,3)4/h6-7,9-11,13-14H,5,8,12H2,1-4H3,(H,24,28)/b7-6-,19-9+. The zero-order chi connectivity index (χ0) is 21.4. The highest BCUT2D eigenvalue weighted by Gasteiger charge is 2.21. The average Bonchev–Trinajstić information content (AvgIpc) is 3.08. The first-order chi connectivity index (χ1) is 13.8. The van der Waals surface area contributed by atoms with Gasteiger partial charge in [-0.2, -0.15) is 5.10 Å². The molecule has 2 aromatic heterocycles. The maximum absolute atomic E-state index is 12.6. The quantitative estimate of drug-likeness (QED) is 0.410. The van der Waals surface area contributed by atoms with Crippen molar-refractivity contribution in [2.75, 3.05) is 0 Å². The molecule has 0 atom stereocenters. The Morgan fingerprint density at radius 1 is 1.34 bits per heavy atom. The van der Waals surface area contributed by atoms with Crippen molar-refractivity contribution < 1.29 is 4.79 Å². The van der Waals surface area contributed by atoms with Gasteiger partial charge >= 0.3 is 0 Å². The molecule has 2 aromatic rings. The molecule has 0 fully saturated rings. The number of hydrogen-bond acceptors (Lipinski definition) is 6. The molecule has 0 spiro atoms. The first-order valence-electron chi connectivity index (χ1n) is 9.25. The molecule has 0 aliphatic rings. The van der Waals surface area contributed by atoms with Crippen molar-refractivity contribution >= 4 is 24.1 Å². The normalized spacial score (nSPS) is 12.2. The van der Waals surface area contributed by atoms with Crippen molar-refractivity contribution in [3.63, 3.8) is 0 Å². The molecule has 0 aliphatic heterocycles. The van der Waals surface area contributed by atoms with E-state index in [1.165, 1.54) is 6.20 Å². The smallest absolute Gasteiger partial charge is 0.272 e. The fourth-order valence-corrected chi connectivity index (χ4v) is 2.55. The van der Waals surface area contributed by atoms with Gasteiger partial charge in [0.05, 0.1) is 11.9 Å². The van der Waals surface area contributed by atoms with Gasteiger partial charge in [0.2, 0.25) is 0 Å². The topological polar surface area (TPSA) is 102 Å². The summed E-state index contributed by atoms with van der Waals surface area (Å²) in [4.78, 5) is 31.5. The second kappa shape index (κ2) is 9.68. The third-order valence-electron chi connectivity index (χ3n) is 3.83. The fraction of sp³-hybridized carbons (Fsp3) is 0.333. The molecule has 0 radical (unpaired) electrons. The molecule has 8 heteroatoms. The molecule has 1 N–H and O–H groups in total. The van der Waals surface area contributed by atoms with Crippen LogP contribution in [0.4, 0.5) is 5.69 Å². The lowest BCUT2D eigenvalue weighted by Gasteiger charge is -2.19. The van der Waals surface area contributed by atoms with Crippen LogP contribution in [0.2, 0.25) is 0 Å². The molecule has 0 saturated carbocycles. The molecule has 2 rings (SSSR count). The molecule has 0 saturated heterocycles. The maximum Gasteiger partial charge on any atom is 0.272 e. The van der Waals surface area contributed by atoms with E-state index in [9.17, 15) is 9.70 Å². The van der Waals surface area contributed by atoms with Gasteiger partial charge in [-0.15, -0.1) is 4.91 Å². The molecule has 0 aliphatic carbocycles. The number of carbonyl (C=O) groups excluding carboxylic acids is 1. The van der Waals surface area contributed by atoms with Gasteiger partial charge in [0.15, 0.2) is 5.69 Å². The van der Waals surface area contributed by atoms with E-state index in [2.05, 4.69) is 32.3 Å². The largest absolute Gasteiger partial charge is 0.346 e. The molecule has 0 unspecified atom stereocenters. The van der Waals surface area contributed by atoms with Crippen LogP contribution in [-0.4, -0.2) is 32.9 Å². The Kier molecular flexibility index (Phi) is 7.30. The predicted molar refractivity (Wildman–Crippen MR) is 115 cm³/mol. The monoisotopic (exact) mass is 394 g/mol. The highest BCUT2D eigenvalue weighted by Crippen LogP contribution is 2.18. The zero-order valence-electron chi connectivity index (χ0n) is 17.2. The summed E-state index contributed by atoms with van der Waals surface area (Å²) >= 11 is 0. The van der Waals surface area contributed by atoms with E-state index in [1.54, 1.807) is 22.9 Å². The molecule has 0 bridgehead atoms. The van der Waals surface area contributed by atoms with Gasteiger partial charge in [0.25, 0.3) is 5.91 Å². The van der Waals surface area contributed by atoms with E-state index in [1.807, 2.05) is 45.9 Å². The van der Waals surface area contributed by atoms with Crippen molar-refractivity contribution in [3.8, 4) is 0 Å². The number of nitrogens with zero attached hydrogens (tertiary/aromatic N) is 5. The van der Waals surface area contributed by atoms with E-state index in [0.717, 1.165) is 5.69 Å². The molecule has 152 valence electrons. The Morgan fingerprint density at radius 2 is 2.10 bits per heavy atom. The zero-order valence-corrected chi connectivity index (χ0v) is 17.2. The van der Waals surface area contributed by atoms with Crippen LogP contribution in [-0.2, 0) is 6.42 Å². The van der Waals surface area contributed by atoms with Crippen LogP contribution in [0.1, 0.15) is 56.0 Å². The number of carbonyl (C=O) groups is 1. The SMILES string of the molecule is C=N/C(=C\C/C=C\C)n1nc(C(=O)NC(C)(C)C)cc1Cc1ccc(N=O)cn1. The van der Waals surface area contributed by atoms with E-state index in [4.69, 9.17) is 0 Å². The second-order valence-corrected chi connectivity index (χ2v) is 7.44. The number of nitrogens with one attached hydrogen (secondary N) is 1. The lowest BCUT2D eigenvalue weighted by atomic mass is 10.1. The van der Waals surface area contributed by atoms with Gasteiger partial charge in [-0.05, 0) is 70.3 Å². The Hall–Kier alpha value is -3.42. The highest BCUT2D eigenvalue weighted by atomic mass is 16.3. The number of hydrogen-bond donors (Lipinski definition) is 1. The molecule has 1 amide bonds. The molecule has 8 nitrogen and oxygen atoms in total. The van der Waals surface area contributed by atoms with Crippen molar-refractivity contribution in [1.29, 1.82) is 0 Å². The maximum atomic E-state index is 12.6. The summed E-state index contributed by atoms with van der Waals surface area (Å²) < 4.78 is 1.60. The van der Waals surface area contributed by atoms with Crippen molar-refractivity contribution in [3.05, 3.63) is 64.6 Å². The summed E-state index contributed by atoms with van der Waals surface area (Å²) in [6, 6.07) is 5.02. The molecule has 29 heavy (non-hydrogen) atoms. The fourth-order valence-electron chi connectivity index (χ4n) is 2.55. The first kappa shape index (κ1) is 21.9. The minimum atomic E-state index is -0.387. The van der Waals surface area contributed by atoms with Crippen LogP contribution in [0.15, 0.2) is 52.8 Å².